The molecule has 1 aliphatic heterocycles. The minimum Gasteiger partial charge on any atom is -0.502 e. The van der Waals surface area contributed by atoms with Gasteiger partial charge in [0, 0.05) is 32.3 Å². The summed E-state index contributed by atoms with van der Waals surface area (Å²) in [7, 11) is 1.72. The van der Waals surface area contributed by atoms with E-state index < -0.39 is 5.43 Å². The molecule has 2 unspecified atom stereocenters. The topological polar surface area (TPSA) is 88.9 Å². The highest BCUT2D eigenvalue weighted by Gasteiger charge is 2.27. The zero-order valence-corrected chi connectivity index (χ0v) is 11.0. The van der Waals surface area contributed by atoms with Crippen molar-refractivity contribution in [2.45, 2.75) is 31.5 Å². The van der Waals surface area contributed by atoms with Gasteiger partial charge in [-0.1, -0.05) is 0 Å². The molecule has 0 bridgehead atoms. The van der Waals surface area contributed by atoms with E-state index in [1.807, 2.05) is 0 Å². The lowest BCUT2D eigenvalue weighted by atomic mass is 9.99. The van der Waals surface area contributed by atoms with E-state index in [1.54, 1.807) is 7.11 Å². The van der Waals surface area contributed by atoms with Crippen molar-refractivity contribution in [2.24, 2.45) is 5.73 Å². The Labute approximate surface area is 111 Å². The van der Waals surface area contributed by atoms with Crippen LogP contribution >= 0.6 is 0 Å². The maximum Gasteiger partial charge on any atom is 0.226 e. The lowest BCUT2D eigenvalue weighted by molar-refractivity contribution is 0.00775. The Bertz CT molecular complexity index is 474. The van der Waals surface area contributed by atoms with E-state index in [0.717, 1.165) is 25.6 Å². The van der Waals surface area contributed by atoms with Gasteiger partial charge in [0.05, 0.1) is 12.6 Å². The molecule has 2 heterocycles. The number of methoxy groups -OCH3 is 1. The molecule has 1 aromatic heterocycles. The zero-order valence-electron chi connectivity index (χ0n) is 11.0. The van der Waals surface area contributed by atoms with Crippen molar-refractivity contribution in [3.8, 4) is 5.75 Å². The van der Waals surface area contributed by atoms with E-state index in [9.17, 15) is 4.79 Å². The summed E-state index contributed by atoms with van der Waals surface area (Å²) in [5.41, 5.74) is 5.37. The maximum absolute atomic E-state index is 11.4. The van der Waals surface area contributed by atoms with E-state index in [2.05, 4.69) is 4.90 Å². The van der Waals surface area contributed by atoms with Crippen LogP contribution in [0.4, 0.5) is 0 Å². The maximum atomic E-state index is 11.4. The molecule has 1 aromatic rings. The molecule has 0 spiro atoms. The zero-order chi connectivity index (χ0) is 13.8. The molecular weight excluding hydrogens is 248 g/mol. The van der Waals surface area contributed by atoms with Crippen molar-refractivity contribution in [2.75, 3.05) is 20.2 Å². The number of piperidine rings is 1. The van der Waals surface area contributed by atoms with Crippen molar-refractivity contribution < 1.29 is 14.3 Å². The molecule has 106 valence electrons. The highest BCUT2D eigenvalue weighted by molar-refractivity contribution is 5.15. The standard InChI is InChI=1S/C13H20N2O4/c1-18-10-2-3-15(9(4-10)6-14)7-11-5-12(16)13(17)8-19-11/h5,8-10,17H,2-4,6-7,14H2,1H3. The number of hydrogen-bond donors (Lipinski definition) is 2. The van der Waals surface area contributed by atoms with Crippen LogP contribution in [0.5, 0.6) is 5.75 Å². The summed E-state index contributed by atoms with van der Waals surface area (Å²) < 4.78 is 10.6. The second kappa shape index (κ2) is 6.18. The smallest absolute Gasteiger partial charge is 0.226 e. The molecule has 2 rings (SSSR count). The SMILES string of the molecule is COC1CCN(Cc2cc(=O)c(O)co2)C(CN)C1. The molecular formula is C13H20N2O4. The third-order valence-electron chi connectivity index (χ3n) is 3.62. The van der Waals surface area contributed by atoms with E-state index in [1.165, 1.54) is 6.07 Å². The van der Waals surface area contributed by atoms with Gasteiger partial charge in [-0.3, -0.25) is 9.69 Å². The van der Waals surface area contributed by atoms with Gasteiger partial charge in [-0.05, 0) is 12.8 Å². The van der Waals surface area contributed by atoms with Gasteiger partial charge in [-0.15, -0.1) is 0 Å². The molecule has 0 amide bonds. The first kappa shape index (κ1) is 14.0. The molecule has 1 aliphatic rings. The third kappa shape index (κ3) is 3.34. The first-order chi connectivity index (χ1) is 9.13. The molecule has 1 saturated heterocycles. The Morgan fingerprint density at radius 1 is 1.63 bits per heavy atom. The summed E-state index contributed by atoms with van der Waals surface area (Å²) in [6.45, 7) is 1.92. The van der Waals surface area contributed by atoms with Gasteiger partial charge in [0.15, 0.2) is 5.75 Å². The number of nitrogens with zero attached hydrogens (tertiary/aromatic N) is 1. The summed E-state index contributed by atoms with van der Waals surface area (Å²) in [6, 6.07) is 1.54. The lowest BCUT2D eigenvalue weighted by Gasteiger charge is -2.38. The van der Waals surface area contributed by atoms with Crippen LogP contribution in [0.3, 0.4) is 0 Å². The van der Waals surface area contributed by atoms with Crippen molar-refractivity contribution in [1.82, 2.24) is 4.90 Å². The number of hydrogen-bond acceptors (Lipinski definition) is 6. The Hall–Kier alpha value is -1.37. The molecule has 6 heteroatoms. The first-order valence-electron chi connectivity index (χ1n) is 6.41. The van der Waals surface area contributed by atoms with Crippen molar-refractivity contribution >= 4 is 0 Å². The molecule has 0 aromatic carbocycles. The van der Waals surface area contributed by atoms with Crippen LogP contribution in [-0.4, -0.2) is 42.4 Å². The summed E-state index contributed by atoms with van der Waals surface area (Å²) in [4.78, 5) is 13.5. The first-order valence-corrected chi connectivity index (χ1v) is 6.41. The highest BCUT2D eigenvalue weighted by Crippen LogP contribution is 2.21. The summed E-state index contributed by atoms with van der Waals surface area (Å²) in [5.74, 6) is 0.175. The molecule has 19 heavy (non-hydrogen) atoms. The predicted octanol–water partition coefficient (Wildman–Crippen LogP) is 0.283. The fourth-order valence-corrected chi connectivity index (χ4v) is 2.46. The minimum absolute atomic E-state index is 0.220. The summed E-state index contributed by atoms with van der Waals surface area (Å²) >= 11 is 0. The molecule has 6 nitrogen and oxygen atoms in total. The highest BCUT2D eigenvalue weighted by atomic mass is 16.5. The largest absolute Gasteiger partial charge is 0.502 e. The molecule has 0 aliphatic carbocycles. The Morgan fingerprint density at radius 2 is 2.42 bits per heavy atom. The third-order valence-corrected chi connectivity index (χ3v) is 3.62. The molecule has 0 radical (unpaired) electrons. The van der Waals surface area contributed by atoms with Gasteiger partial charge in [0.1, 0.15) is 12.0 Å². The fourth-order valence-electron chi connectivity index (χ4n) is 2.46. The van der Waals surface area contributed by atoms with E-state index in [0.29, 0.717) is 18.8 Å². The van der Waals surface area contributed by atoms with E-state index >= 15 is 0 Å². The number of aromatic hydroxyl groups is 1. The Balaban J connectivity index is 2.05. The van der Waals surface area contributed by atoms with Crippen molar-refractivity contribution in [3.05, 3.63) is 28.3 Å². The van der Waals surface area contributed by atoms with Crippen molar-refractivity contribution in [3.63, 3.8) is 0 Å². The molecule has 1 fully saturated rings. The number of ether oxygens (including phenoxy) is 1. The van der Waals surface area contributed by atoms with Gasteiger partial charge < -0.3 is 20.0 Å². The summed E-state index contributed by atoms with van der Waals surface area (Å²) in [6.07, 6.45) is 3.15. The van der Waals surface area contributed by atoms with Crippen LogP contribution in [0.15, 0.2) is 21.5 Å². The van der Waals surface area contributed by atoms with Gasteiger partial charge in [0.2, 0.25) is 5.43 Å². The molecule has 0 saturated carbocycles. The van der Waals surface area contributed by atoms with Gasteiger partial charge in [-0.25, -0.2) is 0 Å². The number of nitrogens with two attached hydrogens (primary N) is 1. The predicted molar refractivity (Wildman–Crippen MR) is 69.9 cm³/mol. The second-order valence-electron chi connectivity index (χ2n) is 4.84. The van der Waals surface area contributed by atoms with Crippen LogP contribution in [0.25, 0.3) is 0 Å². The number of rotatable bonds is 4. The minimum atomic E-state index is -0.419. The lowest BCUT2D eigenvalue weighted by Crippen LogP contribution is -2.48. The summed E-state index contributed by atoms with van der Waals surface area (Å²) in [5, 5.41) is 9.16. The average Bonchev–Trinajstić information content (AvgIpc) is 2.43. The van der Waals surface area contributed by atoms with Gasteiger partial charge >= 0.3 is 0 Å². The quantitative estimate of drug-likeness (QED) is 0.815. The van der Waals surface area contributed by atoms with Crippen LogP contribution in [0.2, 0.25) is 0 Å². The fraction of sp³-hybridized carbons (Fsp3) is 0.615. The molecule has 3 N–H and O–H groups in total. The Morgan fingerprint density at radius 3 is 3.05 bits per heavy atom. The van der Waals surface area contributed by atoms with E-state index in [-0.39, 0.29) is 17.9 Å². The average molecular weight is 268 g/mol. The van der Waals surface area contributed by atoms with E-state index in [4.69, 9.17) is 20.0 Å². The Kier molecular flexibility index (Phi) is 4.57. The van der Waals surface area contributed by atoms with Crippen LogP contribution in [-0.2, 0) is 11.3 Å². The van der Waals surface area contributed by atoms with Gasteiger partial charge in [0.25, 0.3) is 0 Å². The molecule has 2 atom stereocenters. The number of likely N-dealkylation sites (tertiary alicyclic amines) is 1. The van der Waals surface area contributed by atoms with Crippen LogP contribution in [0, 0.1) is 0 Å². The monoisotopic (exact) mass is 268 g/mol. The normalized spacial score (nSPS) is 24.5. The van der Waals surface area contributed by atoms with Crippen molar-refractivity contribution in [1.29, 1.82) is 0 Å². The second-order valence-corrected chi connectivity index (χ2v) is 4.84. The van der Waals surface area contributed by atoms with Gasteiger partial charge in [-0.2, -0.15) is 0 Å². The van der Waals surface area contributed by atoms with Crippen LogP contribution in [0.1, 0.15) is 18.6 Å². The van der Waals surface area contributed by atoms with Crippen LogP contribution < -0.4 is 11.2 Å².